The highest BCUT2D eigenvalue weighted by Gasteiger charge is 2.37. The van der Waals surface area contributed by atoms with E-state index in [0.717, 1.165) is 32.1 Å². The average molecular weight is 256 g/mol. The fourth-order valence-electron chi connectivity index (χ4n) is 2.67. The zero-order valence-electron chi connectivity index (χ0n) is 11.8. The third kappa shape index (κ3) is 4.25. The molecule has 18 heavy (non-hydrogen) atoms. The van der Waals surface area contributed by atoms with E-state index in [-0.39, 0.29) is 17.4 Å². The lowest BCUT2D eigenvalue weighted by Gasteiger charge is -2.31. The van der Waals surface area contributed by atoms with Crippen molar-refractivity contribution >= 4 is 5.91 Å². The summed E-state index contributed by atoms with van der Waals surface area (Å²) in [6.07, 6.45) is 7.43. The van der Waals surface area contributed by atoms with Crippen molar-refractivity contribution in [3.8, 4) is 0 Å². The van der Waals surface area contributed by atoms with Gasteiger partial charge in [0.1, 0.15) is 0 Å². The van der Waals surface area contributed by atoms with Crippen molar-refractivity contribution in [3.05, 3.63) is 0 Å². The van der Waals surface area contributed by atoms with Gasteiger partial charge in [0.05, 0.1) is 5.41 Å². The van der Waals surface area contributed by atoms with E-state index in [1.165, 1.54) is 12.8 Å². The maximum atomic E-state index is 12.4. The van der Waals surface area contributed by atoms with Crippen LogP contribution in [0.25, 0.3) is 0 Å². The Morgan fingerprint density at radius 3 is 2.44 bits per heavy atom. The van der Waals surface area contributed by atoms with Crippen LogP contribution < -0.4 is 11.1 Å². The van der Waals surface area contributed by atoms with Gasteiger partial charge in [-0.25, -0.2) is 0 Å². The second-order valence-electron chi connectivity index (χ2n) is 5.55. The minimum atomic E-state index is -0.322. The standard InChI is InChI=1S/C14H28N2O2/c1-12(7-10-18-2)16-13(17)14(11-15)8-5-3-4-6-9-14/h12H,3-11,15H2,1-2H3,(H,16,17). The van der Waals surface area contributed by atoms with E-state index in [1.54, 1.807) is 7.11 Å². The first-order chi connectivity index (χ1) is 8.64. The van der Waals surface area contributed by atoms with Gasteiger partial charge in [-0.3, -0.25) is 4.79 Å². The SMILES string of the molecule is COCCC(C)NC(=O)C1(CN)CCCCCC1. The first kappa shape index (κ1) is 15.4. The van der Waals surface area contributed by atoms with Gasteiger partial charge in [-0.1, -0.05) is 25.7 Å². The molecule has 0 aromatic heterocycles. The summed E-state index contributed by atoms with van der Waals surface area (Å²) in [4.78, 5) is 12.4. The summed E-state index contributed by atoms with van der Waals surface area (Å²) in [6.45, 7) is 3.17. The number of carbonyl (C=O) groups excluding carboxylic acids is 1. The van der Waals surface area contributed by atoms with Gasteiger partial charge in [0.2, 0.25) is 5.91 Å². The van der Waals surface area contributed by atoms with Crippen LogP contribution in [0.4, 0.5) is 0 Å². The summed E-state index contributed by atoms with van der Waals surface area (Å²) in [5, 5.41) is 3.10. The maximum absolute atomic E-state index is 12.4. The van der Waals surface area contributed by atoms with Crippen molar-refractivity contribution in [2.45, 2.75) is 57.9 Å². The van der Waals surface area contributed by atoms with Gasteiger partial charge >= 0.3 is 0 Å². The molecule has 0 bridgehead atoms. The normalized spacial score (nSPS) is 21.1. The Balaban J connectivity index is 2.54. The number of nitrogens with two attached hydrogens (primary N) is 1. The molecule has 0 saturated heterocycles. The highest BCUT2D eigenvalue weighted by Crippen LogP contribution is 2.34. The largest absolute Gasteiger partial charge is 0.385 e. The number of carbonyl (C=O) groups is 1. The smallest absolute Gasteiger partial charge is 0.227 e. The van der Waals surface area contributed by atoms with Gasteiger partial charge in [0.25, 0.3) is 0 Å². The Bertz CT molecular complexity index is 248. The summed E-state index contributed by atoms with van der Waals surface area (Å²) < 4.78 is 5.04. The van der Waals surface area contributed by atoms with Crippen molar-refractivity contribution < 1.29 is 9.53 Å². The van der Waals surface area contributed by atoms with Crippen LogP contribution in [0.1, 0.15) is 51.9 Å². The van der Waals surface area contributed by atoms with Crippen LogP contribution in [0.5, 0.6) is 0 Å². The Labute approximate surface area is 111 Å². The Morgan fingerprint density at radius 1 is 1.33 bits per heavy atom. The van der Waals surface area contributed by atoms with E-state index in [0.29, 0.717) is 13.2 Å². The van der Waals surface area contributed by atoms with Gasteiger partial charge in [0.15, 0.2) is 0 Å². The minimum absolute atomic E-state index is 0.149. The third-order valence-electron chi connectivity index (χ3n) is 4.07. The summed E-state index contributed by atoms with van der Waals surface area (Å²) >= 11 is 0. The van der Waals surface area contributed by atoms with Crippen LogP contribution >= 0.6 is 0 Å². The van der Waals surface area contributed by atoms with Crippen molar-refractivity contribution in [1.82, 2.24) is 5.32 Å². The second kappa shape index (κ2) is 7.74. The molecule has 1 amide bonds. The van der Waals surface area contributed by atoms with Gasteiger partial charge in [-0.2, -0.15) is 0 Å². The monoisotopic (exact) mass is 256 g/mol. The molecular formula is C14H28N2O2. The van der Waals surface area contributed by atoms with Crippen LogP contribution in [0, 0.1) is 5.41 Å². The summed E-state index contributed by atoms with van der Waals surface area (Å²) in [6, 6.07) is 0.157. The lowest BCUT2D eigenvalue weighted by Crippen LogP contribution is -2.48. The van der Waals surface area contributed by atoms with E-state index < -0.39 is 0 Å². The topological polar surface area (TPSA) is 64.3 Å². The summed E-state index contributed by atoms with van der Waals surface area (Å²) in [5.41, 5.74) is 5.58. The third-order valence-corrected chi connectivity index (χ3v) is 4.07. The van der Waals surface area contributed by atoms with Crippen LogP contribution in [0.2, 0.25) is 0 Å². The average Bonchev–Trinajstić information content (AvgIpc) is 2.62. The Morgan fingerprint density at radius 2 is 1.94 bits per heavy atom. The van der Waals surface area contributed by atoms with Crippen molar-refractivity contribution in [2.24, 2.45) is 11.1 Å². The quantitative estimate of drug-likeness (QED) is 0.713. The molecule has 0 aromatic carbocycles. The highest BCUT2D eigenvalue weighted by atomic mass is 16.5. The summed E-state index contributed by atoms with van der Waals surface area (Å²) in [5.74, 6) is 0.149. The molecule has 1 saturated carbocycles. The van der Waals surface area contributed by atoms with Crippen LogP contribution in [-0.4, -0.2) is 32.2 Å². The zero-order chi connectivity index (χ0) is 13.4. The number of amides is 1. The number of ether oxygens (including phenoxy) is 1. The first-order valence-electron chi connectivity index (χ1n) is 7.14. The lowest BCUT2D eigenvalue weighted by atomic mass is 9.79. The number of hydrogen-bond acceptors (Lipinski definition) is 3. The Hall–Kier alpha value is -0.610. The van der Waals surface area contributed by atoms with E-state index in [4.69, 9.17) is 10.5 Å². The molecule has 3 N–H and O–H groups in total. The molecule has 1 unspecified atom stereocenters. The van der Waals surface area contributed by atoms with Crippen molar-refractivity contribution in [1.29, 1.82) is 0 Å². The number of nitrogens with one attached hydrogen (secondary N) is 1. The molecule has 0 aliphatic heterocycles. The molecule has 1 fully saturated rings. The van der Waals surface area contributed by atoms with Crippen molar-refractivity contribution in [2.75, 3.05) is 20.3 Å². The second-order valence-corrected chi connectivity index (χ2v) is 5.55. The van der Waals surface area contributed by atoms with Gasteiger partial charge in [-0.15, -0.1) is 0 Å². The molecule has 4 heteroatoms. The minimum Gasteiger partial charge on any atom is -0.385 e. The van der Waals surface area contributed by atoms with E-state index in [2.05, 4.69) is 5.32 Å². The van der Waals surface area contributed by atoms with Gasteiger partial charge in [0, 0.05) is 26.3 Å². The van der Waals surface area contributed by atoms with Crippen LogP contribution in [0.3, 0.4) is 0 Å². The zero-order valence-corrected chi connectivity index (χ0v) is 11.8. The molecule has 4 nitrogen and oxygen atoms in total. The van der Waals surface area contributed by atoms with Crippen molar-refractivity contribution in [3.63, 3.8) is 0 Å². The Kier molecular flexibility index (Phi) is 6.65. The number of rotatable bonds is 6. The molecule has 1 aliphatic rings. The summed E-state index contributed by atoms with van der Waals surface area (Å²) in [7, 11) is 1.68. The molecule has 0 aromatic rings. The predicted molar refractivity (Wildman–Crippen MR) is 73.3 cm³/mol. The van der Waals surface area contributed by atoms with Gasteiger partial charge in [-0.05, 0) is 26.2 Å². The van der Waals surface area contributed by atoms with Crippen LogP contribution in [-0.2, 0) is 9.53 Å². The molecular weight excluding hydrogens is 228 g/mol. The molecule has 1 atom stereocenters. The first-order valence-corrected chi connectivity index (χ1v) is 7.14. The van der Waals surface area contributed by atoms with E-state index in [9.17, 15) is 4.79 Å². The van der Waals surface area contributed by atoms with E-state index in [1.807, 2.05) is 6.92 Å². The van der Waals surface area contributed by atoms with Crippen LogP contribution in [0.15, 0.2) is 0 Å². The fraction of sp³-hybridized carbons (Fsp3) is 0.929. The highest BCUT2D eigenvalue weighted by molar-refractivity contribution is 5.83. The molecule has 1 aliphatic carbocycles. The number of hydrogen-bond donors (Lipinski definition) is 2. The van der Waals surface area contributed by atoms with E-state index >= 15 is 0 Å². The fourth-order valence-corrected chi connectivity index (χ4v) is 2.67. The molecule has 0 spiro atoms. The molecule has 1 rings (SSSR count). The van der Waals surface area contributed by atoms with Gasteiger partial charge < -0.3 is 15.8 Å². The molecule has 0 radical (unpaired) electrons. The predicted octanol–water partition coefficient (Wildman–Crippen LogP) is 1.83. The molecule has 106 valence electrons. The lowest BCUT2D eigenvalue weighted by molar-refractivity contribution is -0.132. The maximum Gasteiger partial charge on any atom is 0.227 e. The number of methoxy groups -OCH3 is 1. The molecule has 0 heterocycles.